The van der Waals surface area contributed by atoms with Crippen LogP contribution in [0.2, 0.25) is 0 Å². The summed E-state index contributed by atoms with van der Waals surface area (Å²) in [5, 5.41) is 7.55. The first-order valence-corrected chi connectivity index (χ1v) is 7.28. The molecule has 0 aliphatic heterocycles. The van der Waals surface area contributed by atoms with Gasteiger partial charge in [-0.25, -0.2) is 4.98 Å². The van der Waals surface area contributed by atoms with Gasteiger partial charge in [-0.3, -0.25) is 5.10 Å². The van der Waals surface area contributed by atoms with Crippen LogP contribution in [0.4, 0.5) is 5.82 Å². The zero-order valence-corrected chi connectivity index (χ0v) is 12.5. The largest absolute Gasteiger partial charge is 0.383 e. The van der Waals surface area contributed by atoms with E-state index < -0.39 is 0 Å². The summed E-state index contributed by atoms with van der Waals surface area (Å²) in [4.78, 5) is 5.84. The highest BCUT2D eigenvalue weighted by molar-refractivity contribution is 9.10. The van der Waals surface area contributed by atoms with Gasteiger partial charge < -0.3 is 5.73 Å². The Balaban J connectivity index is 2.07. The third-order valence-electron chi connectivity index (χ3n) is 2.81. The molecule has 2 aromatic heterocycles. The summed E-state index contributed by atoms with van der Waals surface area (Å²) in [7, 11) is 0. The molecule has 3 rings (SSSR count). The SMILES string of the molecule is Cc1sc(-c2cn[nH]c2N)nc1-c1ccc(Br)cc1. The van der Waals surface area contributed by atoms with Crippen LogP contribution in [-0.2, 0) is 0 Å². The second-order valence-corrected chi connectivity index (χ2v) is 6.25. The molecule has 0 saturated carbocycles. The minimum absolute atomic E-state index is 0.552. The average molecular weight is 335 g/mol. The number of aromatic amines is 1. The Morgan fingerprint density at radius 3 is 2.63 bits per heavy atom. The van der Waals surface area contributed by atoms with E-state index in [0.29, 0.717) is 5.82 Å². The molecular formula is C13H11BrN4S. The van der Waals surface area contributed by atoms with E-state index in [9.17, 15) is 0 Å². The molecule has 0 aliphatic carbocycles. The van der Waals surface area contributed by atoms with Crippen LogP contribution >= 0.6 is 27.3 Å². The highest BCUT2D eigenvalue weighted by Gasteiger charge is 2.14. The molecular weight excluding hydrogens is 324 g/mol. The van der Waals surface area contributed by atoms with Gasteiger partial charge in [-0.2, -0.15) is 5.10 Å². The summed E-state index contributed by atoms with van der Waals surface area (Å²) < 4.78 is 1.06. The number of nitrogens with two attached hydrogens (primary N) is 1. The predicted octanol–water partition coefficient (Wildman–Crippen LogP) is 3.85. The fraction of sp³-hybridized carbons (Fsp3) is 0.0769. The third-order valence-corrected chi connectivity index (χ3v) is 4.35. The molecule has 6 heteroatoms. The molecule has 96 valence electrons. The van der Waals surface area contributed by atoms with Gasteiger partial charge in [0.25, 0.3) is 0 Å². The number of thiazole rings is 1. The van der Waals surface area contributed by atoms with E-state index in [4.69, 9.17) is 5.73 Å². The first-order chi connectivity index (χ1) is 9.15. The molecule has 4 nitrogen and oxygen atoms in total. The molecule has 0 spiro atoms. The second-order valence-electron chi connectivity index (χ2n) is 4.13. The number of halogens is 1. The van der Waals surface area contributed by atoms with Gasteiger partial charge in [0.05, 0.1) is 17.5 Å². The zero-order valence-electron chi connectivity index (χ0n) is 10.1. The number of nitrogens with zero attached hydrogens (tertiary/aromatic N) is 2. The maximum Gasteiger partial charge on any atom is 0.129 e. The van der Waals surface area contributed by atoms with Crippen molar-refractivity contribution in [3.63, 3.8) is 0 Å². The van der Waals surface area contributed by atoms with Gasteiger partial charge in [0.2, 0.25) is 0 Å². The topological polar surface area (TPSA) is 67.6 Å². The van der Waals surface area contributed by atoms with E-state index in [2.05, 4.69) is 50.2 Å². The number of anilines is 1. The Morgan fingerprint density at radius 2 is 2.00 bits per heavy atom. The van der Waals surface area contributed by atoms with Crippen molar-refractivity contribution in [2.45, 2.75) is 6.92 Å². The molecule has 0 fully saturated rings. The highest BCUT2D eigenvalue weighted by atomic mass is 79.9. The minimum atomic E-state index is 0.552. The molecule has 2 heterocycles. The molecule has 0 amide bonds. The normalized spacial score (nSPS) is 10.8. The number of hydrogen-bond donors (Lipinski definition) is 2. The van der Waals surface area contributed by atoms with Crippen molar-refractivity contribution in [3.05, 3.63) is 39.8 Å². The van der Waals surface area contributed by atoms with E-state index in [1.807, 2.05) is 12.1 Å². The molecule has 3 aromatic rings. The minimum Gasteiger partial charge on any atom is -0.383 e. The van der Waals surface area contributed by atoms with Gasteiger partial charge in [0.1, 0.15) is 10.8 Å². The molecule has 3 N–H and O–H groups in total. The molecule has 0 unspecified atom stereocenters. The van der Waals surface area contributed by atoms with Crippen molar-refractivity contribution in [2.24, 2.45) is 0 Å². The van der Waals surface area contributed by atoms with Gasteiger partial charge >= 0.3 is 0 Å². The summed E-state index contributed by atoms with van der Waals surface area (Å²) >= 11 is 5.06. The molecule has 0 saturated heterocycles. The quantitative estimate of drug-likeness (QED) is 0.747. The van der Waals surface area contributed by atoms with Crippen LogP contribution in [0.25, 0.3) is 21.8 Å². The van der Waals surface area contributed by atoms with Crippen LogP contribution in [0.5, 0.6) is 0 Å². The Kier molecular flexibility index (Phi) is 3.12. The Bertz CT molecular complexity index is 715. The number of nitrogen functional groups attached to an aromatic ring is 1. The van der Waals surface area contributed by atoms with Crippen LogP contribution in [0.1, 0.15) is 4.88 Å². The van der Waals surface area contributed by atoms with Gasteiger partial charge in [-0.05, 0) is 19.1 Å². The lowest BCUT2D eigenvalue weighted by molar-refractivity contribution is 1.10. The molecule has 0 radical (unpaired) electrons. The lowest BCUT2D eigenvalue weighted by Crippen LogP contribution is -1.87. The number of aromatic nitrogens is 3. The van der Waals surface area contributed by atoms with Gasteiger partial charge in [-0.15, -0.1) is 11.3 Å². The fourth-order valence-electron chi connectivity index (χ4n) is 1.85. The third kappa shape index (κ3) is 2.29. The van der Waals surface area contributed by atoms with Gasteiger partial charge in [0.15, 0.2) is 0 Å². The van der Waals surface area contributed by atoms with E-state index >= 15 is 0 Å². The summed E-state index contributed by atoms with van der Waals surface area (Å²) in [6.45, 7) is 2.06. The van der Waals surface area contributed by atoms with E-state index in [1.165, 1.54) is 0 Å². The van der Waals surface area contributed by atoms with Crippen molar-refractivity contribution < 1.29 is 0 Å². The lowest BCUT2D eigenvalue weighted by Gasteiger charge is -1.98. The first kappa shape index (κ1) is 12.4. The Morgan fingerprint density at radius 1 is 1.26 bits per heavy atom. The van der Waals surface area contributed by atoms with Crippen LogP contribution in [0, 0.1) is 6.92 Å². The highest BCUT2D eigenvalue weighted by Crippen LogP contribution is 2.35. The Labute approximate surface area is 122 Å². The van der Waals surface area contributed by atoms with E-state index in [1.54, 1.807) is 17.5 Å². The smallest absolute Gasteiger partial charge is 0.129 e. The van der Waals surface area contributed by atoms with Crippen molar-refractivity contribution in [1.82, 2.24) is 15.2 Å². The molecule has 1 aromatic carbocycles. The molecule has 0 bridgehead atoms. The molecule has 19 heavy (non-hydrogen) atoms. The predicted molar refractivity (Wildman–Crippen MR) is 82.0 cm³/mol. The number of rotatable bonds is 2. The summed E-state index contributed by atoms with van der Waals surface area (Å²) in [5.41, 5.74) is 8.79. The van der Waals surface area contributed by atoms with Crippen molar-refractivity contribution in [3.8, 4) is 21.8 Å². The second kappa shape index (κ2) is 4.79. The summed E-state index contributed by atoms with van der Waals surface area (Å²) in [6, 6.07) is 8.13. The van der Waals surface area contributed by atoms with Crippen LogP contribution in [0.15, 0.2) is 34.9 Å². The summed E-state index contributed by atoms with van der Waals surface area (Å²) in [6.07, 6.45) is 1.71. The maximum atomic E-state index is 5.83. The van der Waals surface area contributed by atoms with Crippen molar-refractivity contribution in [1.29, 1.82) is 0 Å². The van der Waals surface area contributed by atoms with E-state index in [0.717, 1.165) is 31.2 Å². The lowest BCUT2D eigenvalue weighted by atomic mass is 10.1. The van der Waals surface area contributed by atoms with Crippen molar-refractivity contribution in [2.75, 3.05) is 5.73 Å². The number of hydrogen-bond acceptors (Lipinski definition) is 4. The fourth-order valence-corrected chi connectivity index (χ4v) is 3.08. The van der Waals surface area contributed by atoms with Crippen LogP contribution in [-0.4, -0.2) is 15.2 Å². The first-order valence-electron chi connectivity index (χ1n) is 5.67. The van der Waals surface area contributed by atoms with E-state index in [-0.39, 0.29) is 0 Å². The van der Waals surface area contributed by atoms with Gasteiger partial charge in [0, 0.05) is 14.9 Å². The summed E-state index contributed by atoms with van der Waals surface area (Å²) in [5.74, 6) is 0.552. The zero-order chi connectivity index (χ0) is 13.4. The Hall–Kier alpha value is -1.66. The number of benzene rings is 1. The number of H-pyrrole nitrogens is 1. The number of nitrogens with one attached hydrogen (secondary N) is 1. The average Bonchev–Trinajstić information content (AvgIpc) is 2.96. The number of aryl methyl sites for hydroxylation is 1. The monoisotopic (exact) mass is 334 g/mol. The molecule has 0 atom stereocenters. The molecule has 0 aliphatic rings. The van der Waals surface area contributed by atoms with Gasteiger partial charge in [-0.1, -0.05) is 28.1 Å². The standard InChI is InChI=1S/C13H11BrN4S/c1-7-11(8-2-4-9(14)5-3-8)17-13(19-7)10-6-16-18-12(10)15/h2-6H,1H3,(H3,15,16,18). The van der Waals surface area contributed by atoms with Crippen LogP contribution < -0.4 is 5.73 Å². The van der Waals surface area contributed by atoms with Crippen LogP contribution in [0.3, 0.4) is 0 Å². The van der Waals surface area contributed by atoms with Crippen molar-refractivity contribution >= 4 is 33.1 Å². The maximum absolute atomic E-state index is 5.83.